The fourth-order valence-corrected chi connectivity index (χ4v) is 3.66. The number of hydrogen-bond acceptors (Lipinski definition) is 7. The highest BCUT2D eigenvalue weighted by Gasteiger charge is 2.23. The first-order chi connectivity index (χ1) is 16.0. The van der Waals surface area contributed by atoms with E-state index in [-0.39, 0.29) is 18.6 Å². The van der Waals surface area contributed by atoms with E-state index in [0.29, 0.717) is 24.7 Å². The summed E-state index contributed by atoms with van der Waals surface area (Å²) in [6.07, 6.45) is 4.49. The van der Waals surface area contributed by atoms with Crippen LogP contribution < -0.4 is 4.74 Å². The third-order valence-electron chi connectivity index (χ3n) is 5.25. The first-order valence-corrected chi connectivity index (χ1v) is 10.8. The van der Waals surface area contributed by atoms with Gasteiger partial charge in [0.2, 0.25) is 5.82 Å². The van der Waals surface area contributed by atoms with E-state index >= 15 is 0 Å². The number of carboxylic acids is 1. The van der Waals surface area contributed by atoms with Crippen molar-refractivity contribution in [3.8, 4) is 28.6 Å². The molecule has 1 unspecified atom stereocenters. The number of carboxylic acid groups (broad SMARTS) is 1. The van der Waals surface area contributed by atoms with E-state index in [1.807, 2.05) is 62.7 Å². The number of ether oxygens (including phenoxy) is 1. The molecule has 9 nitrogen and oxygen atoms in total. The summed E-state index contributed by atoms with van der Waals surface area (Å²) in [6, 6.07) is 11.6. The molecule has 0 saturated carbocycles. The summed E-state index contributed by atoms with van der Waals surface area (Å²) in [6.45, 7) is 4.53. The first-order valence-electron chi connectivity index (χ1n) is 10.8. The Kier molecular flexibility index (Phi) is 5.37. The lowest BCUT2D eigenvalue weighted by Crippen LogP contribution is -2.07. The Hall–Kier alpha value is -4.01. The van der Waals surface area contributed by atoms with E-state index < -0.39 is 5.97 Å². The van der Waals surface area contributed by atoms with Gasteiger partial charge in [0.1, 0.15) is 11.8 Å². The van der Waals surface area contributed by atoms with Gasteiger partial charge in [-0.05, 0) is 56.7 Å². The minimum Gasteiger partial charge on any atom is -0.491 e. The number of nitrogens with zero attached hydrogens (tertiary/aromatic N) is 5. The Morgan fingerprint density at radius 2 is 2.03 bits per heavy atom. The lowest BCUT2D eigenvalue weighted by Gasteiger charge is -2.14. The van der Waals surface area contributed by atoms with Crippen LogP contribution in [0.1, 0.15) is 38.3 Å². The van der Waals surface area contributed by atoms with Crippen molar-refractivity contribution in [3.63, 3.8) is 0 Å². The van der Waals surface area contributed by atoms with E-state index in [1.165, 1.54) is 0 Å². The second-order valence-corrected chi connectivity index (χ2v) is 8.25. The number of aliphatic imine (C=N–C) groups is 1. The molecule has 0 saturated heterocycles. The molecular weight excluding hydrogens is 422 g/mol. The van der Waals surface area contributed by atoms with Gasteiger partial charge in [-0.3, -0.25) is 14.5 Å². The van der Waals surface area contributed by atoms with Gasteiger partial charge in [-0.15, -0.1) is 0 Å². The largest absolute Gasteiger partial charge is 0.491 e. The highest BCUT2D eigenvalue weighted by Crippen LogP contribution is 2.36. The van der Waals surface area contributed by atoms with Crippen molar-refractivity contribution in [2.75, 3.05) is 0 Å². The second kappa shape index (κ2) is 8.50. The fraction of sp³-hybridized carbons (Fsp3) is 0.292. The molecule has 0 bridgehead atoms. The SMILES string of the molecule is CC(C)Oc1ccc(-c2nc(-c3ccc4nn(CCCC(=O)O)cc4c3)no2)cc1C1C=N1. The molecule has 1 aliphatic heterocycles. The number of aryl methyl sites for hydroxylation is 1. The minimum atomic E-state index is -0.805. The van der Waals surface area contributed by atoms with Gasteiger partial charge in [-0.25, -0.2) is 0 Å². The van der Waals surface area contributed by atoms with Crippen molar-refractivity contribution in [3.05, 3.63) is 48.2 Å². The van der Waals surface area contributed by atoms with Crippen LogP contribution in [0.4, 0.5) is 0 Å². The summed E-state index contributed by atoms with van der Waals surface area (Å²) in [5, 5.41) is 18.4. The smallest absolute Gasteiger partial charge is 0.303 e. The molecule has 1 N–H and O–H groups in total. The maximum atomic E-state index is 10.7. The third kappa shape index (κ3) is 4.62. The number of benzene rings is 2. The molecule has 9 heteroatoms. The molecule has 0 spiro atoms. The Bertz CT molecular complexity index is 1350. The normalized spacial score (nSPS) is 14.8. The van der Waals surface area contributed by atoms with Crippen molar-refractivity contribution in [2.24, 2.45) is 4.99 Å². The average Bonchev–Trinajstić information content (AvgIpc) is 3.35. The van der Waals surface area contributed by atoms with Crippen LogP contribution in [-0.4, -0.2) is 43.3 Å². The van der Waals surface area contributed by atoms with Gasteiger partial charge in [0.15, 0.2) is 0 Å². The van der Waals surface area contributed by atoms with Crippen LogP contribution in [-0.2, 0) is 11.3 Å². The number of carbonyl (C=O) groups is 1. The number of hydrogen-bond donors (Lipinski definition) is 1. The maximum Gasteiger partial charge on any atom is 0.303 e. The monoisotopic (exact) mass is 445 g/mol. The molecule has 3 heterocycles. The average molecular weight is 445 g/mol. The minimum absolute atomic E-state index is 0.0375. The Balaban J connectivity index is 1.38. The summed E-state index contributed by atoms with van der Waals surface area (Å²) in [5.41, 5.74) is 3.43. The molecule has 5 rings (SSSR count). The van der Waals surface area contributed by atoms with Crippen molar-refractivity contribution in [2.45, 2.75) is 45.4 Å². The molecule has 0 fully saturated rings. The zero-order valence-electron chi connectivity index (χ0n) is 18.3. The summed E-state index contributed by atoms with van der Waals surface area (Å²) in [5.74, 6) is 0.910. The van der Waals surface area contributed by atoms with Crippen molar-refractivity contribution < 1.29 is 19.2 Å². The van der Waals surface area contributed by atoms with E-state index in [1.54, 1.807) is 4.68 Å². The maximum absolute atomic E-state index is 10.7. The molecule has 168 valence electrons. The fourth-order valence-electron chi connectivity index (χ4n) is 3.66. The molecule has 2 aromatic carbocycles. The summed E-state index contributed by atoms with van der Waals surface area (Å²) < 4.78 is 13.2. The quantitative estimate of drug-likeness (QED) is 0.402. The molecule has 2 aromatic heterocycles. The zero-order chi connectivity index (χ0) is 22.9. The van der Waals surface area contributed by atoms with Gasteiger partial charge < -0.3 is 14.4 Å². The molecule has 4 aromatic rings. The first kappa shape index (κ1) is 20.9. The molecule has 0 amide bonds. The van der Waals surface area contributed by atoms with Crippen LogP contribution >= 0.6 is 0 Å². The Labute approximate surface area is 189 Å². The number of aromatic nitrogens is 4. The van der Waals surface area contributed by atoms with Crippen molar-refractivity contribution in [1.82, 2.24) is 19.9 Å². The van der Waals surface area contributed by atoms with E-state index in [4.69, 9.17) is 14.4 Å². The van der Waals surface area contributed by atoms with Crippen LogP contribution in [0.2, 0.25) is 0 Å². The second-order valence-electron chi connectivity index (χ2n) is 8.25. The van der Waals surface area contributed by atoms with Crippen LogP contribution in [0.25, 0.3) is 33.7 Å². The van der Waals surface area contributed by atoms with E-state index in [9.17, 15) is 4.79 Å². The molecule has 0 aliphatic carbocycles. The number of aliphatic carboxylic acids is 1. The van der Waals surface area contributed by atoms with E-state index in [0.717, 1.165) is 33.3 Å². The van der Waals surface area contributed by atoms with Crippen LogP contribution in [0.3, 0.4) is 0 Å². The van der Waals surface area contributed by atoms with Crippen molar-refractivity contribution in [1.29, 1.82) is 0 Å². The van der Waals surface area contributed by atoms with Gasteiger partial charge in [0, 0.05) is 47.5 Å². The van der Waals surface area contributed by atoms with Gasteiger partial charge in [-0.1, -0.05) is 5.16 Å². The molecule has 1 aliphatic rings. The summed E-state index contributed by atoms with van der Waals surface area (Å²) >= 11 is 0. The topological polar surface area (TPSA) is 116 Å². The predicted octanol–water partition coefficient (Wildman–Crippen LogP) is 4.53. The van der Waals surface area contributed by atoms with Crippen LogP contribution in [0.5, 0.6) is 5.75 Å². The van der Waals surface area contributed by atoms with Crippen LogP contribution in [0.15, 0.2) is 52.1 Å². The van der Waals surface area contributed by atoms with Crippen molar-refractivity contribution >= 4 is 23.1 Å². The van der Waals surface area contributed by atoms with Gasteiger partial charge in [0.05, 0.1) is 11.6 Å². The lowest BCUT2D eigenvalue weighted by atomic mass is 10.1. The molecule has 33 heavy (non-hydrogen) atoms. The standard InChI is InChI=1S/C24H23N5O4/c1-14(2)32-21-8-6-16(11-18(21)20-12-25-20)24-26-23(28-33-24)15-5-7-19-17(10-15)13-29(27-19)9-3-4-22(30)31/h5-8,10-14,20H,3-4,9H2,1-2H3,(H,30,31). The summed E-state index contributed by atoms with van der Waals surface area (Å²) in [7, 11) is 0. The Morgan fingerprint density at radius 1 is 1.21 bits per heavy atom. The highest BCUT2D eigenvalue weighted by atomic mass is 16.5. The van der Waals surface area contributed by atoms with E-state index in [2.05, 4.69) is 20.2 Å². The van der Waals surface area contributed by atoms with Crippen LogP contribution in [0, 0.1) is 0 Å². The molecule has 1 atom stereocenters. The van der Waals surface area contributed by atoms with Gasteiger partial charge >= 0.3 is 5.97 Å². The molecule has 0 radical (unpaired) electrons. The predicted molar refractivity (Wildman–Crippen MR) is 122 cm³/mol. The zero-order valence-corrected chi connectivity index (χ0v) is 18.3. The Morgan fingerprint density at radius 3 is 2.79 bits per heavy atom. The number of rotatable bonds is 9. The van der Waals surface area contributed by atoms with Gasteiger partial charge in [0.25, 0.3) is 5.89 Å². The summed E-state index contributed by atoms with van der Waals surface area (Å²) in [4.78, 5) is 19.6. The highest BCUT2D eigenvalue weighted by molar-refractivity contribution is 5.83. The third-order valence-corrected chi connectivity index (χ3v) is 5.25. The lowest BCUT2D eigenvalue weighted by molar-refractivity contribution is -0.137. The van der Waals surface area contributed by atoms with Gasteiger partial charge in [-0.2, -0.15) is 10.1 Å². The number of fused-ring (bicyclic) bond motifs is 1. The molecular formula is C24H23N5O4.